The van der Waals surface area contributed by atoms with Crippen LogP contribution in [-0.2, 0) is 25.6 Å². The van der Waals surface area contributed by atoms with E-state index in [0.717, 1.165) is 18.5 Å². The van der Waals surface area contributed by atoms with Gasteiger partial charge in [-0.2, -0.15) is 0 Å². The maximum absolute atomic E-state index is 13.3. The Morgan fingerprint density at radius 1 is 1.08 bits per heavy atom. The molecule has 1 aliphatic rings. The van der Waals surface area contributed by atoms with Crippen LogP contribution in [0.5, 0.6) is 0 Å². The van der Waals surface area contributed by atoms with Crippen molar-refractivity contribution in [3.63, 3.8) is 0 Å². The van der Waals surface area contributed by atoms with Crippen LogP contribution in [-0.4, -0.2) is 72.0 Å². The first-order valence-electron chi connectivity index (χ1n) is 13.1. The van der Waals surface area contributed by atoms with Gasteiger partial charge in [0.1, 0.15) is 18.1 Å². The predicted octanol–water partition coefficient (Wildman–Crippen LogP) is -0.380. The lowest BCUT2D eigenvalue weighted by Crippen LogP contribution is -2.58. The molecule has 0 aromatic heterocycles. The normalized spacial score (nSPS) is 17.9. The van der Waals surface area contributed by atoms with Crippen LogP contribution < -0.4 is 32.7 Å². The average Bonchev–Trinajstić information content (AvgIpc) is 3.43. The highest BCUT2D eigenvalue weighted by Gasteiger charge is 2.33. The number of nitrogens with two attached hydrogens (primary N) is 2. The summed E-state index contributed by atoms with van der Waals surface area (Å²) in [5.74, 6) is -2.95. The summed E-state index contributed by atoms with van der Waals surface area (Å²) < 4.78 is 0. The van der Waals surface area contributed by atoms with Crippen molar-refractivity contribution < 1.29 is 24.3 Å². The number of hydrogen-bond acceptors (Lipinski definition) is 6. The van der Waals surface area contributed by atoms with E-state index in [-0.39, 0.29) is 43.2 Å². The molecule has 5 atom stereocenters. The molecule has 0 aliphatic carbocycles. The molecule has 0 saturated carbocycles. The Bertz CT molecular complexity index is 962. The second kappa shape index (κ2) is 15.6. The van der Waals surface area contributed by atoms with E-state index in [4.69, 9.17) is 11.5 Å². The van der Waals surface area contributed by atoms with E-state index >= 15 is 0 Å². The molecule has 3 amide bonds. The number of nitrogens with zero attached hydrogens (tertiary/aromatic N) is 1. The zero-order chi connectivity index (χ0) is 28.1. The van der Waals surface area contributed by atoms with Gasteiger partial charge in [-0.15, -0.1) is 0 Å². The number of hydrogen-bond donors (Lipinski definition) is 7. The van der Waals surface area contributed by atoms with Gasteiger partial charge < -0.3 is 37.8 Å². The Labute approximate surface area is 223 Å². The van der Waals surface area contributed by atoms with Gasteiger partial charge in [0.15, 0.2) is 5.96 Å². The molecular weight excluding hydrogens is 490 g/mol. The second-order valence-corrected chi connectivity index (χ2v) is 9.62. The van der Waals surface area contributed by atoms with Gasteiger partial charge in [0.2, 0.25) is 17.7 Å². The number of carboxylic acid groups (broad SMARTS) is 1. The number of aliphatic imine (C=N–C) groups is 1. The highest BCUT2D eigenvalue weighted by atomic mass is 16.4. The highest BCUT2D eigenvalue weighted by Crippen LogP contribution is 2.12. The molecule has 0 bridgehead atoms. The van der Waals surface area contributed by atoms with E-state index in [0.29, 0.717) is 19.3 Å². The Balaban J connectivity index is 2.14. The average molecular weight is 532 g/mol. The summed E-state index contributed by atoms with van der Waals surface area (Å²) in [5, 5.41) is 20.9. The molecule has 210 valence electrons. The lowest BCUT2D eigenvalue weighted by atomic mass is 9.96. The van der Waals surface area contributed by atoms with Gasteiger partial charge in [-0.05, 0) is 43.7 Å². The van der Waals surface area contributed by atoms with Crippen LogP contribution in [0.4, 0.5) is 0 Å². The lowest BCUT2D eigenvalue weighted by Gasteiger charge is -2.28. The fraction of sp³-hybridized carbons (Fsp3) is 0.577. The molecule has 2 rings (SSSR count). The molecule has 1 aromatic rings. The Morgan fingerprint density at radius 2 is 1.79 bits per heavy atom. The maximum atomic E-state index is 13.3. The molecule has 1 fully saturated rings. The number of carbonyl (C=O) groups is 4. The molecule has 9 N–H and O–H groups in total. The van der Waals surface area contributed by atoms with E-state index in [1.165, 1.54) is 0 Å². The third-order valence-corrected chi connectivity index (χ3v) is 6.65. The first-order valence-corrected chi connectivity index (χ1v) is 13.1. The largest absolute Gasteiger partial charge is 0.480 e. The molecule has 0 spiro atoms. The van der Waals surface area contributed by atoms with Crippen LogP contribution in [0.15, 0.2) is 35.3 Å². The SMILES string of the molecule is CCC(C)C(NC(=O)C(CCCN=C(N)N)NC(=O)C1CCCN1)C(=O)NC(Cc1ccccc1)C(=O)O. The summed E-state index contributed by atoms with van der Waals surface area (Å²) in [7, 11) is 0. The van der Waals surface area contributed by atoms with Crippen molar-refractivity contribution in [1.82, 2.24) is 21.3 Å². The summed E-state index contributed by atoms with van der Waals surface area (Å²) in [6.45, 7) is 4.67. The van der Waals surface area contributed by atoms with Crippen LogP contribution in [0.3, 0.4) is 0 Å². The minimum Gasteiger partial charge on any atom is -0.480 e. The minimum absolute atomic E-state index is 0.0674. The fourth-order valence-electron chi connectivity index (χ4n) is 4.22. The fourth-order valence-corrected chi connectivity index (χ4v) is 4.22. The lowest BCUT2D eigenvalue weighted by molar-refractivity contribution is -0.142. The standard InChI is InChI=1S/C26H41N7O5/c1-3-16(2)21(24(36)32-20(25(37)38)15-17-9-5-4-6-10-17)33-23(35)19(12-8-14-30-26(27)28)31-22(34)18-11-7-13-29-18/h4-6,9-10,16,18-21,29H,3,7-8,11-15H2,1-2H3,(H,31,34)(H,32,36)(H,33,35)(H,37,38)(H4,27,28,30). The molecule has 12 nitrogen and oxygen atoms in total. The van der Waals surface area contributed by atoms with Crippen LogP contribution in [0.2, 0.25) is 0 Å². The molecule has 38 heavy (non-hydrogen) atoms. The number of guanidine groups is 1. The van der Waals surface area contributed by atoms with Crippen molar-refractivity contribution in [3.05, 3.63) is 35.9 Å². The van der Waals surface area contributed by atoms with Gasteiger partial charge in [-0.1, -0.05) is 50.6 Å². The summed E-state index contributed by atoms with van der Waals surface area (Å²) in [6, 6.07) is 5.51. The number of rotatable bonds is 15. The van der Waals surface area contributed by atoms with Gasteiger partial charge in [0.25, 0.3) is 0 Å². The number of carbonyl (C=O) groups excluding carboxylic acids is 3. The Kier molecular flexibility index (Phi) is 12.5. The van der Waals surface area contributed by atoms with Crippen molar-refractivity contribution in [2.24, 2.45) is 22.4 Å². The van der Waals surface area contributed by atoms with E-state index in [1.807, 2.05) is 13.0 Å². The van der Waals surface area contributed by atoms with Crippen LogP contribution in [0.1, 0.15) is 51.5 Å². The maximum Gasteiger partial charge on any atom is 0.326 e. The second-order valence-electron chi connectivity index (χ2n) is 9.62. The Morgan fingerprint density at radius 3 is 2.37 bits per heavy atom. The van der Waals surface area contributed by atoms with Gasteiger partial charge in [-0.25, -0.2) is 4.79 Å². The van der Waals surface area contributed by atoms with Crippen LogP contribution >= 0.6 is 0 Å². The predicted molar refractivity (Wildman–Crippen MR) is 144 cm³/mol. The first kappa shape index (κ1) is 30.6. The van der Waals surface area contributed by atoms with Crippen molar-refractivity contribution in [2.75, 3.05) is 13.1 Å². The third-order valence-electron chi connectivity index (χ3n) is 6.65. The first-order chi connectivity index (χ1) is 18.1. The highest BCUT2D eigenvalue weighted by molar-refractivity contribution is 5.94. The van der Waals surface area contributed by atoms with Crippen molar-refractivity contribution in [2.45, 2.75) is 76.5 Å². The number of aliphatic carboxylic acids is 1. The van der Waals surface area contributed by atoms with Crippen LogP contribution in [0.25, 0.3) is 0 Å². The molecule has 0 radical (unpaired) electrons. The number of benzene rings is 1. The van der Waals surface area contributed by atoms with E-state index in [1.54, 1.807) is 31.2 Å². The zero-order valence-corrected chi connectivity index (χ0v) is 22.1. The van der Waals surface area contributed by atoms with Crippen molar-refractivity contribution >= 4 is 29.7 Å². The zero-order valence-electron chi connectivity index (χ0n) is 22.1. The van der Waals surface area contributed by atoms with Crippen LogP contribution in [0, 0.1) is 5.92 Å². The number of amides is 3. The van der Waals surface area contributed by atoms with E-state index in [2.05, 4.69) is 26.3 Å². The topological polar surface area (TPSA) is 201 Å². The monoisotopic (exact) mass is 531 g/mol. The van der Waals surface area contributed by atoms with E-state index < -0.39 is 35.9 Å². The van der Waals surface area contributed by atoms with Gasteiger partial charge in [0, 0.05) is 13.0 Å². The third kappa shape index (κ3) is 10.0. The molecule has 1 aliphatic heterocycles. The van der Waals surface area contributed by atoms with Gasteiger partial charge >= 0.3 is 5.97 Å². The molecule has 1 heterocycles. The summed E-state index contributed by atoms with van der Waals surface area (Å²) >= 11 is 0. The van der Waals surface area contributed by atoms with Gasteiger partial charge in [0.05, 0.1) is 6.04 Å². The molecule has 1 saturated heterocycles. The molecule has 5 unspecified atom stereocenters. The van der Waals surface area contributed by atoms with Crippen molar-refractivity contribution in [1.29, 1.82) is 0 Å². The summed E-state index contributed by atoms with van der Waals surface area (Å²) in [4.78, 5) is 55.1. The molecular formula is C26H41N7O5. The smallest absolute Gasteiger partial charge is 0.326 e. The molecule has 12 heteroatoms. The number of nitrogens with one attached hydrogen (secondary N) is 4. The minimum atomic E-state index is -1.18. The summed E-state index contributed by atoms with van der Waals surface area (Å²) in [6.07, 6.45) is 2.87. The molecule has 1 aromatic carbocycles. The Hall–Kier alpha value is -3.67. The van der Waals surface area contributed by atoms with Crippen molar-refractivity contribution in [3.8, 4) is 0 Å². The number of carboxylic acids is 1. The van der Waals surface area contributed by atoms with E-state index in [9.17, 15) is 24.3 Å². The van der Waals surface area contributed by atoms with Gasteiger partial charge in [-0.3, -0.25) is 19.4 Å². The quantitative estimate of drug-likeness (QED) is 0.0901. The summed E-state index contributed by atoms with van der Waals surface area (Å²) in [5.41, 5.74) is 11.5.